The van der Waals surface area contributed by atoms with Crippen molar-refractivity contribution in [2.45, 2.75) is 6.92 Å². The van der Waals surface area contributed by atoms with Crippen molar-refractivity contribution in [3.05, 3.63) is 23.8 Å². The van der Waals surface area contributed by atoms with Crippen LogP contribution >= 0.6 is 12.0 Å². The van der Waals surface area contributed by atoms with E-state index in [1.54, 1.807) is 7.11 Å². The largest absolute Gasteiger partial charge is 0.497 e. The SMILES string of the molecule is COc1ccc2c(c1)/C(=N/OSC)C(C)CO2. The molecule has 0 aliphatic carbocycles. The van der Waals surface area contributed by atoms with Crippen molar-refractivity contribution >= 4 is 17.8 Å². The quantitative estimate of drug-likeness (QED) is 0.613. The molecule has 0 amide bonds. The van der Waals surface area contributed by atoms with Crippen LogP contribution in [0.5, 0.6) is 11.5 Å². The fraction of sp³-hybridized carbons (Fsp3) is 0.417. The number of rotatable bonds is 3. The Morgan fingerprint density at radius 3 is 3.00 bits per heavy atom. The third-order valence-corrected chi connectivity index (χ3v) is 2.85. The Kier molecular flexibility index (Phi) is 3.78. The Hall–Kier alpha value is -1.36. The first-order chi connectivity index (χ1) is 8.26. The van der Waals surface area contributed by atoms with E-state index in [1.807, 2.05) is 24.5 Å². The highest BCUT2D eigenvalue weighted by molar-refractivity contribution is 7.93. The molecule has 1 aromatic carbocycles. The normalized spacial score (nSPS) is 20.6. The Morgan fingerprint density at radius 2 is 2.29 bits per heavy atom. The highest BCUT2D eigenvalue weighted by Gasteiger charge is 2.24. The predicted molar refractivity (Wildman–Crippen MR) is 68.8 cm³/mol. The second kappa shape index (κ2) is 5.31. The van der Waals surface area contributed by atoms with Gasteiger partial charge in [-0.15, -0.1) is 0 Å². The van der Waals surface area contributed by atoms with E-state index in [0.29, 0.717) is 6.61 Å². The topological polar surface area (TPSA) is 40.0 Å². The van der Waals surface area contributed by atoms with Crippen molar-refractivity contribution in [2.75, 3.05) is 20.0 Å². The van der Waals surface area contributed by atoms with Crippen molar-refractivity contribution in [1.29, 1.82) is 0 Å². The average Bonchev–Trinajstić information content (AvgIpc) is 2.37. The highest BCUT2D eigenvalue weighted by atomic mass is 32.2. The van der Waals surface area contributed by atoms with E-state index in [0.717, 1.165) is 22.8 Å². The standard InChI is InChI=1S/C12H15NO3S/c1-8-7-15-11-5-4-9(14-2)6-10(11)12(8)13-16-17-3/h4-6,8H,7H2,1-3H3/b13-12+. The van der Waals surface area contributed by atoms with E-state index >= 15 is 0 Å². The second-order valence-electron chi connectivity index (χ2n) is 3.79. The molecule has 1 unspecified atom stereocenters. The lowest BCUT2D eigenvalue weighted by Gasteiger charge is -2.24. The molecule has 0 bridgehead atoms. The summed E-state index contributed by atoms with van der Waals surface area (Å²) in [4.78, 5) is 0. The molecular formula is C12H15NO3S. The summed E-state index contributed by atoms with van der Waals surface area (Å²) in [7, 11) is 1.64. The molecule has 0 saturated carbocycles. The minimum Gasteiger partial charge on any atom is -0.497 e. The summed E-state index contributed by atoms with van der Waals surface area (Å²) in [6.07, 6.45) is 1.83. The lowest BCUT2D eigenvalue weighted by Crippen LogP contribution is -2.26. The van der Waals surface area contributed by atoms with Gasteiger partial charge in [-0.3, -0.25) is 0 Å². The molecule has 2 rings (SSSR count). The van der Waals surface area contributed by atoms with Crippen molar-refractivity contribution < 1.29 is 13.8 Å². The van der Waals surface area contributed by atoms with Gasteiger partial charge >= 0.3 is 0 Å². The van der Waals surface area contributed by atoms with Crippen LogP contribution < -0.4 is 9.47 Å². The van der Waals surface area contributed by atoms with Crippen LogP contribution in [-0.2, 0) is 4.28 Å². The van der Waals surface area contributed by atoms with Gasteiger partial charge in [-0.2, -0.15) is 0 Å². The van der Waals surface area contributed by atoms with E-state index in [-0.39, 0.29) is 5.92 Å². The zero-order valence-corrected chi connectivity index (χ0v) is 10.9. The molecule has 1 atom stereocenters. The lowest BCUT2D eigenvalue weighted by atomic mass is 9.95. The van der Waals surface area contributed by atoms with Crippen LogP contribution in [0.3, 0.4) is 0 Å². The Balaban J connectivity index is 2.41. The molecule has 1 aromatic rings. The van der Waals surface area contributed by atoms with Crippen LogP contribution in [0.2, 0.25) is 0 Å². The van der Waals surface area contributed by atoms with Crippen molar-refractivity contribution in [3.8, 4) is 11.5 Å². The van der Waals surface area contributed by atoms with Crippen molar-refractivity contribution in [1.82, 2.24) is 0 Å². The number of benzene rings is 1. The molecule has 1 aliphatic rings. The van der Waals surface area contributed by atoms with Crippen LogP contribution in [0, 0.1) is 5.92 Å². The molecule has 1 aliphatic heterocycles. The van der Waals surface area contributed by atoms with E-state index in [1.165, 1.54) is 12.0 Å². The van der Waals surface area contributed by atoms with Gasteiger partial charge in [0.15, 0.2) is 0 Å². The maximum absolute atomic E-state index is 5.65. The molecular weight excluding hydrogens is 238 g/mol. The monoisotopic (exact) mass is 253 g/mol. The van der Waals surface area contributed by atoms with Crippen LogP contribution in [0.25, 0.3) is 0 Å². The van der Waals surface area contributed by atoms with Gasteiger partial charge in [-0.1, -0.05) is 12.1 Å². The molecule has 0 saturated heterocycles. The summed E-state index contributed by atoms with van der Waals surface area (Å²) < 4.78 is 15.9. The molecule has 0 spiro atoms. The van der Waals surface area contributed by atoms with Gasteiger partial charge in [0.2, 0.25) is 0 Å². The minimum atomic E-state index is 0.210. The number of nitrogens with zero attached hydrogens (tertiary/aromatic N) is 1. The number of ether oxygens (including phenoxy) is 2. The van der Waals surface area contributed by atoms with Crippen molar-refractivity contribution in [3.63, 3.8) is 0 Å². The molecule has 17 heavy (non-hydrogen) atoms. The van der Waals surface area contributed by atoms with Gasteiger partial charge in [0.25, 0.3) is 0 Å². The number of fused-ring (bicyclic) bond motifs is 1. The molecule has 1 heterocycles. The van der Waals surface area contributed by atoms with Gasteiger partial charge in [0, 0.05) is 17.7 Å². The van der Waals surface area contributed by atoms with Gasteiger partial charge in [0.05, 0.1) is 31.5 Å². The highest BCUT2D eigenvalue weighted by Crippen LogP contribution is 2.31. The summed E-state index contributed by atoms with van der Waals surface area (Å²) in [6, 6.07) is 5.70. The summed E-state index contributed by atoms with van der Waals surface area (Å²) in [6.45, 7) is 2.68. The number of methoxy groups -OCH3 is 1. The predicted octanol–water partition coefficient (Wildman–Crippen LogP) is 2.72. The van der Waals surface area contributed by atoms with Crippen molar-refractivity contribution in [2.24, 2.45) is 11.1 Å². The second-order valence-corrected chi connectivity index (χ2v) is 4.27. The van der Waals surface area contributed by atoms with E-state index < -0.39 is 0 Å². The van der Waals surface area contributed by atoms with Crippen LogP contribution in [-0.4, -0.2) is 25.7 Å². The summed E-state index contributed by atoms with van der Waals surface area (Å²) >= 11 is 1.22. The van der Waals surface area contributed by atoms with Crippen LogP contribution in [0.1, 0.15) is 12.5 Å². The zero-order chi connectivity index (χ0) is 12.3. The number of oxime groups is 1. The molecule has 92 valence electrons. The Morgan fingerprint density at radius 1 is 1.47 bits per heavy atom. The first-order valence-electron chi connectivity index (χ1n) is 5.35. The summed E-state index contributed by atoms with van der Waals surface area (Å²) in [5.41, 5.74) is 1.84. The maximum atomic E-state index is 5.65. The van der Waals surface area contributed by atoms with Gasteiger partial charge in [-0.25, -0.2) is 0 Å². The van der Waals surface area contributed by atoms with E-state index in [9.17, 15) is 0 Å². The van der Waals surface area contributed by atoms with Crippen LogP contribution in [0.4, 0.5) is 0 Å². The third-order valence-electron chi connectivity index (χ3n) is 2.63. The van der Waals surface area contributed by atoms with Gasteiger partial charge in [-0.05, 0) is 18.2 Å². The van der Waals surface area contributed by atoms with Gasteiger partial charge < -0.3 is 13.8 Å². The fourth-order valence-electron chi connectivity index (χ4n) is 1.74. The first kappa shape index (κ1) is 12.1. The number of hydrogen-bond donors (Lipinski definition) is 0. The fourth-order valence-corrected chi connectivity index (χ4v) is 1.89. The smallest absolute Gasteiger partial charge is 0.128 e. The molecule has 0 fully saturated rings. The molecule has 0 aromatic heterocycles. The summed E-state index contributed by atoms with van der Waals surface area (Å²) in [5, 5.41) is 4.14. The maximum Gasteiger partial charge on any atom is 0.128 e. The molecule has 0 radical (unpaired) electrons. The van der Waals surface area contributed by atoms with E-state index in [2.05, 4.69) is 12.1 Å². The Bertz CT molecular complexity index is 434. The van der Waals surface area contributed by atoms with Crippen LogP contribution in [0.15, 0.2) is 23.4 Å². The molecule has 4 nitrogen and oxygen atoms in total. The first-order valence-corrected chi connectivity index (χ1v) is 6.50. The van der Waals surface area contributed by atoms with Gasteiger partial charge in [0.1, 0.15) is 11.5 Å². The number of hydrogen-bond acceptors (Lipinski definition) is 5. The molecule has 5 heteroatoms. The zero-order valence-electron chi connectivity index (χ0n) is 10.1. The Labute approximate surface area is 105 Å². The molecule has 0 N–H and O–H groups in total. The third kappa shape index (κ3) is 2.49. The van der Waals surface area contributed by atoms with E-state index in [4.69, 9.17) is 13.8 Å². The minimum absolute atomic E-state index is 0.210. The summed E-state index contributed by atoms with van der Waals surface area (Å²) in [5.74, 6) is 1.83. The average molecular weight is 253 g/mol. The lowest BCUT2D eigenvalue weighted by molar-refractivity contribution is 0.276.